The van der Waals surface area contributed by atoms with Crippen molar-refractivity contribution >= 4 is 11.8 Å². The van der Waals surface area contributed by atoms with Crippen molar-refractivity contribution in [3.63, 3.8) is 0 Å². The molecule has 1 unspecified atom stereocenters. The van der Waals surface area contributed by atoms with E-state index in [9.17, 15) is 0 Å². The molecular weight excluding hydrogens is 242 g/mol. The van der Waals surface area contributed by atoms with Crippen LogP contribution in [0, 0.1) is 6.92 Å². The second kappa shape index (κ2) is 6.60. The Labute approximate surface area is 115 Å². The lowest BCUT2D eigenvalue weighted by Crippen LogP contribution is -2.43. The number of rotatable bonds is 4. The lowest BCUT2D eigenvalue weighted by molar-refractivity contribution is 0.0203. The minimum Gasteiger partial charge on any atom is -0.379 e. The van der Waals surface area contributed by atoms with E-state index >= 15 is 0 Å². The van der Waals surface area contributed by atoms with Gasteiger partial charge in [0.05, 0.1) is 13.2 Å². The second-order valence-corrected chi connectivity index (χ2v) is 5.79. The molecule has 2 rings (SSSR count). The van der Waals surface area contributed by atoms with Crippen molar-refractivity contribution < 1.29 is 4.74 Å². The maximum atomic E-state index is 5.42. The van der Waals surface area contributed by atoms with Gasteiger partial charge in [-0.25, -0.2) is 0 Å². The molecule has 1 saturated heterocycles. The quantitative estimate of drug-likeness (QED) is 0.777. The molecule has 1 aliphatic heterocycles. The van der Waals surface area contributed by atoms with Crippen LogP contribution in [0.4, 0.5) is 0 Å². The van der Waals surface area contributed by atoms with E-state index in [4.69, 9.17) is 4.74 Å². The van der Waals surface area contributed by atoms with Gasteiger partial charge in [-0.3, -0.25) is 4.90 Å². The van der Waals surface area contributed by atoms with E-state index in [0.717, 1.165) is 32.7 Å². The summed E-state index contributed by atoms with van der Waals surface area (Å²) >= 11 is 1.84. The summed E-state index contributed by atoms with van der Waals surface area (Å²) in [5.41, 5.74) is 2.94. The number of nitrogens with zero attached hydrogens (tertiary/aromatic N) is 1. The van der Waals surface area contributed by atoms with Crippen molar-refractivity contribution in [2.75, 3.05) is 32.6 Å². The Morgan fingerprint density at radius 3 is 2.72 bits per heavy atom. The van der Waals surface area contributed by atoms with Crippen LogP contribution < -0.4 is 0 Å². The number of morpholine rings is 1. The van der Waals surface area contributed by atoms with Gasteiger partial charge in [0, 0.05) is 24.0 Å². The van der Waals surface area contributed by atoms with Crippen molar-refractivity contribution in [3.05, 3.63) is 29.3 Å². The third-order valence-electron chi connectivity index (χ3n) is 3.80. The normalized spacial score (nSPS) is 18.8. The van der Waals surface area contributed by atoms with Gasteiger partial charge in [-0.15, -0.1) is 11.8 Å². The zero-order valence-electron chi connectivity index (χ0n) is 11.6. The van der Waals surface area contributed by atoms with E-state index in [1.807, 2.05) is 11.8 Å². The van der Waals surface area contributed by atoms with Gasteiger partial charge in [0.15, 0.2) is 0 Å². The van der Waals surface area contributed by atoms with E-state index in [1.54, 1.807) is 0 Å². The standard InChI is InChI=1S/C15H23NOS/c1-12(16-7-9-17-10-8-16)11-14-5-4-6-15(18-3)13(14)2/h4-6,12H,7-11H2,1-3H3. The van der Waals surface area contributed by atoms with Crippen LogP contribution >= 0.6 is 11.8 Å². The number of ether oxygens (including phenoxy) is 1. The molecule has 3 heteroatoms. The minimum atomic E-state index is 0.602. The number of hydrogen-bond acceptors (Lipinski definition) is 3. The molecule has 1 fully saturated rings. The van der Waals surface area contributed by atoms with Gasteiger partial charge in [0.2, 0.25) is 0 Å². The molecule has 0 spiro atoms. The molecule has 1 aliphatic rings. The number of benzene rings is 1. The Balaban J connectivity index is 2.04. The SMILES string of the molecule is CSc1cccc(CC(C)N2CCOCC2)c1C. The van der Waals surface area contributed by atoms with Crippen LogP contribution in [0.2, 0.25) is 0 Å². The zero-order chi connectivity index (χ0) is 13.0. The first kappa shape index (κ1) is 13.9. The topological polar surface area (TPSA) is 12.5 Å². The Morgan fingerprint density at radius 1 is 1.33 bits per heavy atom. The Hall–Kier alpha value is -0.510. The van der Waals surface area contributed by atoms with Crippen molar-refractivity contribution in [1.82, 2.24) is 4.90 Å². The molecule has 100 valence electrons. The maximum absolute atomic E-state index is 5.42. The molecule has 0 radical (unpaired) electrons. The van der Waals surface area contributed by atoms with Crippen LogP contribution in [0.1, 0.15) is 18.1 Å². The molecule has 0 aromatic heterocycles. The molecule has 0 amide bonds. The Kier molecular flexibility index (Phi) is 5.10. The predicted octanol–water partition coefficient (Wildman–Crippen LogP) is 2.98. The predicted molar refractivity (Wildman–Crippen MR) is 78.5 cm³/mol. The first-order valence-corrected chi connectivity index (χ1v) is 7.89. The maximum Gasteiger partial charge on any atom is 0.0594 e. The fraction of sp³-hybridized carbons (Fsp3) is 0.600. The summed E-state index contributed by atoms with van der Waals surface area (Å²) in [6.07, 6.45) is 3.29. The fourth-order valence-corrected chi connectivity index (χ4v) is 3.22. The summed E-state index contributed by atoms with van der Waals surface area (Å²) < 4.78 is 5.42. The van der Waals surface area contributed by atoms with Crippen LogP contribution in [0.5, 0.6) is 0 Å². The number of thioether (sulfide) groups is 1. The molecule has 0 N–H and O–H groups in total. The van der Waals surface area contributed by atoms with Gasteiger partial charge in [0.25, 0.3) is 0 Å². The van der Waals surface area contributed by atoms with Gasteiger partial charge in [-0.05, 0) is 43.7 Å². The van der Waals surface area contributed by atoms with Crippen LogP contribution in [0.25, 0.3) is 0 Å². The van der Waals surface area contributed by atoms with Crippen LogP contribution in [0.15, 0.2) is 23.1 Å². The Bertz CT molecular complexity index is 388. The molecule has 0 bridgehead atoms. The molecule has 0 aliphatic carbocycles. The van der Waals surface area contributed by atoms with E-state index in [-0.39, 0.29) is 0 Å². The average molecular weight is 265 g/mol. The largest absolute Gasteiger partial charge is 0.379 e. The highest BCUT2D eigenvalue weighted by molar-refractivity contribution is 7.98. The number of hydrogen-bond donors (Lipinski definition) is 0. The molecule has 1 atom stereocenters. The molecule has 1 aromatic carbocycles. The first-order chi connectivity index (χ1) is 8.72. The second-order valence-electron chi connectivity index (χ2n) is 4.95. The monoisotopic (exact) mass is 265 g/mol. The van der Waals surface area contributed by atoms with Gasteiger partial charge in [-0.1, -0.05) is 12.1 Å². The summed E-state index contributed by atoms with van der Waals surface area (Å²) in [4.78, 5) is 3.94. The highest BCUT2D eigenvalue weighted by atomic mass is 32.2. The average Bonchev–Trinajstić information content (AvgIpc) is 2.42. The highest BCUT2D eigenvalue weighted by Gasteiger charge is 2.18. The minimum absolute atomic E-state index is 0.602. The lowest BCUT2D eigenvalue weighted by Gasteiger charge is -2.32. The fourth-order valence-electron chi connectivity index (χ4n) is 2.57. The summed E-state index contributed by atoms with van der Waals surface area (Å²) in [5, 5.41) is 0. The van der Waals surface area contributed by atoms with Crippen LogP contribution in [-0.4, -0.2) is 43.5 Å². The van der Waals surface area contributed by atoms with Crippen LogP contribution in [-0.2, 0) is 11.2 Å². The first-order valence-electron chi connectivity index (χ1n) is 6.66. The summed E-state index contributed by atoms with van der Waals surface area (Å²) in [6, 6.07) is 7.26. The zero-order valence-corrected chi connectivity index (χ0v) is 12.4. The third-order valence-corrected chi connectivity index (χ3v) is 4.68. The summed E-state index contributed by atoms with van der Waals surface area (Å²) in [6.45, 7) is 8.48. The van der Waals surface area contributed by atoms with Gasteiger partial charge < -0.3 is 4.74 Å². The van der Waals surface area contributed by atoms with Gasteiger partial charge in [-0.2, -0.15) is 0 Å². The molecule has 0 saturated carbocycles. The molecule has 2 nitrogen and oxygen atoms in total. The van der Waals surface area contributed by atoms with Gasteiger partial charge >= 0.3 is 0 Å². The summed E-state index contributed by atoms with van der Waals surface area (Å²) in [7, 11) is 0. The smallest absolute Gasteiger partial charge is 0.0594 e. The lowest BCUT2D eigenvalue weighted by atomic mass is 10.0. The molecular formula is C15H23NOS. The van der Waals surface area contributed by atoms with E-state index < -0.39 is 0 Å². The summed E-state index contributed by atoms with van der Waals surface area (Å²) in [5.74, 6) is 0. The highest BCUT2D eigenvalue weighted by Crippen LogP contribution is 2.24. The Morgan fingerprint density at radius 2 is 2.06 bits per heavy atom. The van der Waals surface area contributed by atoms with Crippen molar-refractivity contribution in [3.8, 4) is 0 Å². The van der Waals surface area contributed by atoms with Crippen molar-refractivity contribution in [2.24, 2.45) is 0 Å². The molecule has 18 heavy (non-hydrogen) atoms. The van der Waals surface area contributed by atoms with E-state index in [2.05, 4.69) is 43.2 Å². The van der Waals surface area contributed by atoms with E-state index in [1.165, 1.54) is 16.0 Å². The molecule has 1 heterocycles. The van der Waals surface area contributed by atoms with E-state index in [0.29, 0.717) is 6.04 Å². The molecule has 1 aromatic rings. The van der Waals surface area contributed by atoms with Crippen molar-refractivity contribution in [1.29, 1.82) is 0 Å². The third kappa shape index (κ3) is 3.28. The van der Waals surface area contributed by atoms with Gasteiger partial charge in [0.1, 0.15) is 0 Å². The van der Waals surface area contributed by atoms with Crippen molar-refractivity contribution in [2.45, 2.75) is 31.2 Å². The van der Waals surface area contributed by atoms with Crippen LogP contribution in [0.3, 0.4) is 0 Å².